The van der Waals surface area contributed by atoms with Crippen molar-refractivity contribution in [3.05, 3.63) is 66.7 Å². The van der Waals surface area contributed by atoms with E-state index in [1.54, 1.807) is 21.3 Å². The van der Waals surface area contributed by atoms with Crippen LogP contribution in [0.4, 0.5) is 0 Å². The lowest BCUT2D eigenvalue weighted by Gasteiger charge is -2.37. The minimum absolute atomic E-state index is 0.771. The Balaban J connectivity index is 1.65. The van der Waals surface area contributed by atoms with E-state index in [0.717, 1.165) is 27.4 Å². The van der Waals surface area contributed by atoms with Crippen LogP contribution in [-0.4, -0.2) is 23.8 Å². The molecular formula is C28H24BO3. The molecule has 0 amide bonds. The second-order valence-electron chi connectivity index (χ2n) is 9.70. The van der Waals surface area contributed by atoms with E-state index in [9.17, 15) is 5.11 Å². The predicted octanol–water partition coefficient (Wildman–Crippen LogP) is 6.20. The van der Waals surface area contributed by atoms with Gasteiger partial charge in [-0.25, -0.2) is 0 Å². The van der Waals surface area contributed by atoms with Crippen molar-refractivity contribution in [1.29, 1.82) is 0 Å². The Morgan fingerprint density at radius 3 is 2.28 bits per heavy atom. The molecule has 1 aliphatic rings. The molecular weight excluding hydrogens is 395 g/mol. The summed E-state index contributed by atoms with van der Waals surface area (Å²) in [6.45, 7) is 7.31. The normalized spacial score (nSPS) is 13.3. The van der Waals surface area contributed by atoms with E-state index >= 15 is 0 Å². The second kappa shape index (κ2) is 6.47. The van der Waals surface area contributed by atoms with Crippen molar-refractivity contribution in [2.24, 2.45) is 0 Å². The number of fused-ring (bicyclic) bond motifs is 7. The summed E-state index contributed by atoms with van der Waals surface area (Å²) in [4.78, 5) is 0. The van der Waals surface area contributed by atoms with E-state index in [-0.39, 0.29) is 0 Å². The first-order valence-electron chi connectivity index (χ1n) is 11.0. The van der Waals surface area contributed by atoms with Gasteiger partial charge in [-0.3, -0.25) is 0 Å². The average Bonchev–Trinajstić information content (AvgIpc) is 3.29. The number of aliphatic hydroxyl groups is 1. The minimum Gasteiger partial charge on any atom is -0.457 e. The molecule has 1 N–H and O–H groups in total. The standard InChI is InChI=1S/C28H24BO3/c1-27(2,30)28(3,4)32-29-21-15-20-17-12-7-9-16-10-8-13-19(23(16)17)24(20)25-18-11-5-6-14-22(18)31-26(21)25/h5-15,30H,1-4H3. The van der Waals surface area contributed by atoms with Gasteiger partial charge in [0.1, 0.15) is 11.2 Å². The molecule has 1 aromatic heterocycles. The number of furan rings is 1. The summed E-state index contributed by atoms with van der Waals surface area (Å²) >= 11 is 0. The zero-order chi connectivity index (χ0) is 22.3. The number of para-hydroxylation sites is 1. The van der Waals surface area contributed by atoms with E-state index in [2.05, 4.69) is 54.6 Å². The quantitative estimate of drug-likeness (QED) is 0.346. The maximum atomic E-state index is 10.6. The fourth-order valence-electron chi connectivity index (χ4n) is 4.63. The topological polar surface area (TPSA) is 42.6 Å². The molecule has 0 saturated heterocycles. The molecule has 1 aliphatic carbocycles. The van der Waals surface area contributed by atoms with Crippen molar-refractivity contribution in [1.82, 2.24) is 0 Å². The molecule has 0 bridgehead atoms. The van der Waals surface area contributed by atoms with Gasteiger partial charge in [0, 0.05) is 16.3 Å². The van der Waals surface area contributed by atoms with Gasteiger partial charge in [0.05, 0.1) is 11.2 Å². The Bertz CT molecular complexity index is 1530. The number of hydrogen-bond donors (Lipinski definition) is 1. The van der Waals surface area contributed by atoms with Crippen LogP contribution >= 0.6 is 0 Å². The summed E-state index contributed by atoms with van der Waals surface area (Å²) in [6, 6.07) is 23.3. The molecule has 157 valence electrons. The van der Waals surface area contributed by atoms with Crippen LogP contribution < -0.4 is 5.46 Å². The lowest BCUT2D eigenvalue weighted by molar-refractivity contribution is -0.0893. The Morgan fingerprint density at radius 1 is 0.812 bits per heavy atom. The average molecular weight is 419 g/mol. The minimum atomic E-state index is -1.00. The van der Waals surface area contributed by atoms with Crippen LogP contribution in [0.2, 0.25) is 0 Å². The largest absolute Gasteiger partial charge is 0.457 e. The first-order chi connectivity index (χ1) is 15.3. The molecule has 0 atom stereocenters. The van der Waals surface area contributed by atoms with E-state index in [4.69, 9.17) is 9.07 Å². The summed E-state index contributed by atoms with van der Waals surface area (Å²) < 4.78 is 12.5. The van der Waals surface area contributed by atoms with Crippen LogP contribution in [0.3, 0.4) is 0 Å². The Morgan fingerprint density at radius 2 is 1.53 bits per heavy atom. The Hall–Kier alpha value is -3.08. The first-order valence-corrected chi connectivity index (χ1v) is 11.0. The fraction of sp³-hybridized carbons (Fsp3) is 0.214. The van der Waals surface area contributed by atoms with E-state index in [1.807, 2.05) is 26.0 Å². The van der Waals surface area contributed by atoms with E-state index in [1.165, 1.54) is 33.0 Å². The van der Waals surface area contributed by atoms with Crippen molar-refractivity contribution in [3.8, 4) is 22.3 Å². The third-order valence-corrected chi connectivity index (χ3v) is 7.09. The summed E-state index contributed by atoms with van der Waals surface area (Å²) in [5.41, 5.74) is 5.64. The van der Waals surface area contributed by atoms with Gasteiger partial charge >= 0.3 is 7.48 Å². The molecule has 0 fully saturated rings. The zero-order valence-electron chi connectivity index (χ0n) is 18.7. The van der Waals surface area contributed by atoms with Gasteiger partial charge in [0.25, 0.3) is 0 Å². The maximum absolute atomic E-state index is 10.6. The summed E-state index contributed by atoms with van der Waals surface area (Å²) in [5, 5.41) is 15.3. The molecule has 0 spiro atoms. The predicted molar refractivity (Wildman–Crippen MR) is 133 cm³/mol. The molecule has 4 aromatic carbocycles. The summed E-state index contributed by atoms with van der Waals surface area (Å²) in [6.07, 6.45) is 0. The SMILES string of the molecule is CC(C)(O)C(C)(C)O[B]c1cc2c(c3c1oc1ccccc13)-c1cccc3cccc-2c13. The van der Waals surface area contributed by atoms with Crippen molar-refractivity contribution in [2.75, 3.05) is 0 Å². The van der Waals surface area contributed by atoms with Crippen LogP contribution in [0.5, 0.6) is 0 Å². The Labute approximate surface area is 187 Å². The van der Waals surface area contributed by atoms with Crippen LogP contribution in [-0.2, 0) is 4.65 Å². The number of benzene rings is 4. The van der Waals surface area contributed by atoms with Crippen LogP contribution in [0.15, 0.2) is 71.1 Å². The highest BCUT2D eigenvalue weighted by molar-refractivity contribution is 6.52. The molecule has 6 rings (SSSR count). The first kappa shape index (κ1) is 19.6. The highest BCUT2D eigenvalue weighted by atomic mass is 16.5. The van der Waals surface area contributed by atoms with Crippen molar-refractivity contribution in [3.63, 3.8) is 0 Å². The fourth-order valence-corrected chi connectivity index (χ4v) is 4.63. The van der Waals surface area contributed by atoms with E-state index < -0.39 is 11.2 Å². The lowest BCUT2D eigenvalue weighted by Crippen LogP contribution is -2.49. The molecule has 0 saturated carbocycles. The molecule has 0 unspecified atom stereocenters. The van der Waals surface area contributed by atoms with E-state index in [0.29, 0.717) is 0 Å². The third-order valence-electron chi connectivity index (χ3n) is 7.09. The van der Waals surface area contributed by atoms with Gasteiger partial charge in [-0.15, -0.1) is 0 Å². The lowest BCUT2D eigenvalue weighted by atomic mass is 9.80. The Kier molecular flexibility index (Phi) is 3.96. The van der Waals surface area contributed by atoms with Crippen LogP contribution in [0.1, 0.15) is 27.7 Å². The van der Waals surface area contributed by atoms with Crippen molar-refractivity contribution >= 4 is 45.7 Å². The van der Waals surface area contributed by atoms with Crippen LogP contribution in [0.25, 0.3) is 55.0 Å². The highest BCUT2D eigenvalue weighted by Gasteiger charge is 2.36. The third kappa shape index (κ3) is 2.63. The zero-order valence-corrected chi connectivity index (χ0v) is 18.7. The molecule has 5 aromatic rings. The molecule has 0 aliphatic heterocycles. The highest BCUT2D eigenvalue weighted by Crippen LogP contribution is 2.51. The van der Waals surface area contributed by atoms with Gasteiger partial charge in [-0.2, -0.15) is 0 Å². The molecule has 1 heterocycles. The molecule has 4 heteroatoms. The monoisotopic (exact) mass is 419 g/mol. The maximum Gasteiger partial charge on any atom is 0.334 e. The summed E-state index contributed by atoms with van der Waals surface area (Å²) in [7, 11) is 1.74. The second-order valence-corrected chi connectivity index (χ2v) is 9.70. The summed E-state index contributed by atoms with van der Waals surface area (Å²) in [5.74, 6) is 0. The smallest absolute Gasteiger partial charge is 0.334 e. The van der Waals surface area contributed by atoms with Gasteiger partial charge < -0.3 is 14.2 Å². The number of hydrogen-bond acceptors (Lipinski definition) is 3. The molecule has 1 radical (unpaired) electrons. The van der Waals surface area contributed by atoms with Gasteiger partial charge in [0.15, 0.2) is 0 Å². The molecule has 3 nitrogen and oxygen atoms in total. The van der Waals surface area contributed by atoms with Crippen molar-refractivity contribution < 1.29 is 14.2 Å². The number of rotatable bonds is 4. The van der Waals surface area contributed by atoms with Gasteiger partial charge in [0.2, 0.25) is 0 Å². The van der Waals surface area contributed by atoms with Gasteiger partial charge in [-0.05, 0) is 66.7 Å². The van der Waals surface area contributed by atoms with Crippen LogP contribution in [0, 0.1) is 0 Å². The molecule has 32 heavy (non-hydrogen) atoms. The van der Waals surface area contributed by atoms with Gasteiger partial charge in [-0.1, -0.05) is 60.7 Å². The van der Waals surface area contributed by atoms with Crippen molar-refractivity contribution in [2.45, 2.75) is 38.9 Å².